The van der Waals surface area contributed by atoms with Gasteiger partial charge in [-0.25, -0.2) is 0 Å². The number of nitrogens with zero attached hydrogens (tertiary/aromatic N) is 1. The molecule has 0 aliphatic rings. The van der Waals surface area contributed by atoms with E-state index in [0.29, 0.717) is 17.4 Å². The Morgan fingerprint density at radius 2 is 0.592 bits per heavy atom. The monoisotopic (exact) mass is 1100 g/mol. The predicted octanol–water partition coefficient (Wildman–Crippen LogP) is 20.8. The van der Waals surface area contributed by atoms with Gasteiger partial charge in [0.05, 0.1) is 27.7 Å². The molecule has 0 spiro atoms. The van der Waals surface area contributed by atoms with Crippen molar-refractivity contribution < 1.29 is 42.1 Å². The van der Waals surface area contributed by atoms with Crippen LogP contribution in [-0.2, 0) is 32.7 Å². The molecule has 10 heteroatoms. The van der Waals surface area contributed by atoms with Gasteiger partial charge in [-0.05, 0) is 12.8 Å². The quantitative estimate of drug-likeness (QED) is 0.0256. The average molecular weight is 1100 g/mol. The highest BCUT2D eigenvalue weighted by Gasteiger charge is 2.22. The number of phosphoric ester groups is 1. The highest BCUT2D eigenvalue weighted by atomic mass is 31.2. The van der Waals surface area contributed by atoms with Crippen LogP contribution < -0.4 is 4.89 Å². The standard InChI is InChI=1S/C66H132NO8P/c1-6-8-10-12-14-16-18-20-22-24-26-28-30-31-32-33-34-35-37-39-41-43-45-47-49-51-53-55-57-59-66(69)75-64(63-74-76(70,71)73-61-60-67(3,4)5)62-72-65(68)58-56-54-52-50-48-46-44-42-40-38-36-29-27-25-23-21-19-17-15-13-11-9-7-2/h64H,6-63H2,1-5H3. The topological polar surface area (TPSA) is 111 Å². The number of hydrogen-bond donors (Lipinski definition) is 0. The van der Waals surface area contributed by atoms with Crippen LogP contribution in [0.4, 0.5) is 0 Å². The largest absolute Gasteiger partial charge is 0.756 e. The molecule has 9 nitrogen and oxygen atoms in total. The average Bonchev–Trinajstić information content (AvgIpc) is 3.38. The Bertz CT molecular complexity index is 1240. The first-order valence-corrected chi connectivity index (χ1v) is 35.2. The first-order valence-electron chi connectivity index (χ1n) is 33.7. The van der Waals surface area contributed by atoms with Gasteiger partial charge in [0.1, 0.15) is 19.8 Å². The summed E-state index contributed by atoms with van der Waals surface area (Å²) in [7, 11) is 1.20. The van der Waals surface area contributed by atoms with Crippen molar-refractivity contribution in [3.63, 3.8) is 0 Å². The fraction of sp³-hybridized carbons (Fsp3) is 0.970. The third-order valence-corrected chi connectivity index (χ3v) is 16.6. The van der Waals surface area contributed by atoms with Crippen molar-refractivity contribution in [3.05, 3.63) is 0 Å². The van der Waals surface area contributed by atoms with Crippen LogP contribution in [-0.4, -0.2) is 70.0 Å². The van der Waals surface area contributed by atoms with Crippen LogP contribution in [0.2, 0.25) is 0 Å². The number of unbranched alkanes of at least 4 members (excludes halogenated alkanes) is 50. The number of carbonyl (C=O) groups is 2. The van der Waals surface area contributed by atoms with E-state index in [-0.39, 0.29) is 32.0 Å². The third kappa shape index (κ3) is 62.2. The Kier molecular flexibility index (Phi) is 57.9. The molecule has 0 aromatic carbocycles. The van der Waals surface area contributed by atoms with Gasteiger partial charge in [-0.3, -0.25) is 14.2 Å². The normalized spacial score (nSPS) is 13.1. The van der Waals surface area contributed by atoms with Crippen LogP contribution >= 0.6 is 7.82 Å². The fourth-order valence-electron chi connectivity index (χ4n) is 10.4. The number of hydrogen-bond acceptors (Lipinski definition) is 8. The zero-order chi connectivity index (χ0) is 55.6. The minimum absolute atomic E-state index is 0.0249. The molecule has 0 heterocycles. The van der Waals surface area contributed by atoms with Gasteiger partial charge in [-0.15, -0.1) is 0 Å². The fourth-order valence-corrected chi connectivity index (χ4v) is 11.2. The van der Waals surface area contributed by atoms with Gasteiger partial charge in [0, 0.05) is 12.8 Å². The summed E-state index contributed by atoms with van der Waals surface area (Å²) in [6.45, 7) is 4.33. The SMILES string of the molecule is CCCCCCCCCCCCCCCCCCCCCCCCCCCCCCCC(=O)OC(COC(=O)CCCCCCCCCCCCCCCCCCCCCCCCC)COP(=O)([O-])OCC[N+](C)(C)C. The molecular formula is C66H132NO8P. The number of likely N-dealkylation sites (N-methyl/N-ethyl adjacent to an activating group) is 1. The molecule has 0 rings (SSSR count). The molecule has 2 unspecified atom stereocenters. The van der Waals surface area contributed by atoms with Gasteiger partial charge in [-0.1, -0.05) is 335 Å². The van der Waals surface area contributed by atoms with Crippen molar-refractivity contribution in [2.24, 2.45) is 0 Å². The van der Waals surface area contributed by atoms with E-state index in [9.17, 15) is 19.0 Å². The lowest BCUT2D eigenvalue weighted by molar-refractivity contribution is -0.870. The lowest BCUT2D eigenvalue weighted by atomic mass is 10.0. The maximum atomic E-state index is 12.8. The number of esters is 2. The van der Waals surface area contributed by atoms with Gasteiger partial charge in [-0.2, -0.15) is 0 Å². The van der Waals surface area contributed by atoms with Crippen LogP contribution in [0.15, 0.2) is 0 Å². The Balaban J connectivity index is 3.99. The number of rotatable bonds is 64. The van der Waals surface area contributed by atoms with Gasteiger partial charge in [0.2, 0.25) is 0 Å². The summed E-state index contributed by atoms with van der Waals surface area (Å²) in [5.41, 5.74) is 0. The molecule has 2 atom stereocenters. The number of quaternary nitrogens is 1. The molecule has 0 aliphatic carbocycles. The van der Waals surface area contributed by atoms with Crippen molar-refractivity contribution in [2.75, 3.05) is 47.5 Å². The molecular weight excluding hydrogens is 966 g/mol. The maximum absolute atomic E-state index is 12.8. The van der Waals surface area contributed by atoms with Crippen LogP contribution in [0, 0.1) is 0 Å². The smallest absolute Gasteiger partial charge is 0.306 e. The van der Waals surface area contributed by atoms with Crippen LogP contribution in [0.1, 0.15) is 361 Å². The molecule has 0 saturated carbocycles. The second-order valence-electron chi connectivity index (χ2n) is 24.6. The summed E-state index contributed by atoms with van der Waals surface area (Å²) < 4.78 is 34.3. The minimum atomic E-state index is -4.63. The predicted molar refractivity (Wildman–Crippen MR) is 324 cm³/mol. The molecule has 0 aliphatic heterocycles. The van der Waals surface area contributed by atoms with E-state index < -0.39 is 26.5 Å². The first kappa shape index (κ1) is 75.0. The van der Waals surface area contributed by atoms with Gasteiger partial charge >= 0.3 is 11.9 Å². The number of carbonyl (C=O) groups excluding carboxylic acids is 2. The lowest BCUT2D eigenvalue weighted by Crippen LogP contribution is -2.37. The molecule has 0 bridgehead atoms. The Morgan fingerprint density at radius 1 is 0.355 bits per heavy atom. The summed E-state index contributed by atoms with van der Waals surface area (Å²) in [4.78, 5) is 38.0. The molecule has 0 N–H and O–H groups in total. The molecule has 0 radical (unpaired) electrons. The van der Waals surface area contributed by atoms with Gasteiger partial charge < -0.3 is 27.9 Å². The molecule has 0 amide bonds. The second-order valence-corrected chi connectivity index (χ2v) is 26.0. The summed E-state index contributed by atoms with van der Waals surface area (Å²) in [5, 5.41) is 0. The minimum Gasteiger partial charge on any atom is -0.756 e. The van der Waals surface area contributed by atoms with Crippen molar-refractivity contribution in [3.8, 4) is 0 Å². The van der Waals surface area contributed by atoms with Crippen molar-refractivity contribution in [1.82, 2.24) is 0 Å². The molecule has 454 valence electrons. The summed E-state index contributed by atoms with van der Waals surface area (Å²) in [6, 6.07) is 0. The van der Waals surface area contributed by atoms with Crippen molar-refractivity contribution in [2.45, 2.75) is 367 Å². The summed E-state index contributed by atoms with van der Waals surface area (Å²) >= 11 is 0. The maximum Gasteiger partial charge on any atom is 0.306 e. The molecule has 0 saturated heterocycles. The van der Waals surface area contributed by atoms with Crippen LogP contribution in [0.5, 0.6) is 0 Å². The van der Waals surface area contributed by atoms with E-state index in [1.54, 1.807) is 0 Å². The van der Waals surface area contributed by atoms with Crippen molar-refractivity contribution in [1.29, 1.82) is 0 Å². The zero-order valence-electron chi connectivity index (χ0n) is 51.7. The Hall–Kier alpha value is -0.990. The van der Waals surface area contributed by atoms with Crippen LogP contribution in [0.25, 0.3) is 0 Å². The van der Waals surface area contributed by atoms with E-state index in [1.807, 2.05) is 21.1 Å². The summed E-state index contributed by atoms with van der Waals surface area (Å²) in [6.07, 6.45) is 68.9. The van der Waals surface area contributed by atoms with E-state index >= 15 is 0 Å². The highest BCUT2D eigenvalue weighted by Crippen LogP contribution is 2.38. The third-order valence-electron chi connectivity index (χ3n) is 15.6. The lowest BCUT2D eigenvalue weighted by Gasteiger charge is -2.28. The number of phosphoric acid groups is 1. The number of ether oxygens (including phenoxy) is 2. The highest BCUT2D eigenvalue weighted by molar-refractivity contribution is 7.45. The molecule has 76 heavy (non-hydrogen) atoms. The molecule has 0 fully saturated rings. The van der Waals surface area contributed by atoms with E-state index in [0.717, 1.165) is 32.1 Å². The summed E-state index contributed by atoms with van der Waals surface area (Å²) in [5.74, 6) is -0.805. The second kappa shape index (κ2) is 58.7. The van der Waals surface area contributed by atoms with E-state index in [2.05, 4.69) is 13.8 Å². The Morgan fingerprint density at radius 3 is 0.842 bits per heavy atom. The first-order chi connectivity index (χ1) is 37.0. The molecule has 0 aromatic rings. The van der Waals surface area contributed by atoms with E-state index in [4.69, 9.17) is 18.5 Å². The Labute approximate surface area is 474 Å². The van der Waals surface area contributed by atoms with Gasteiger partial charge in [0.15, 0.2) is 6.10 Å². The molecule has 0 aromatic heterocycles. The zero-order valence-corrected chi connectivity index (χ0v) is 52.6. The van der Waals surface area contributed by atoms with Gasteiger partial charge in [0.25, 0.3) is 7.82 Å². The van der Waals surface area contributed by atoms with Crippen molar-refractivity contribution >= 4 is 19.8 Å². The van der Waals surface area contributed by atoms with E-state index in [1.165, 1.54) is 295 Å². The van der Waals surface area contributed by atoms with Crippen LogP contribution in [0.3, 0.4) is 0 Å².